The van der Waals surface area contributed by atoms with E-state index in [2.05, 4.69) is 5.32 Å². The molecule has 1 saturated heterocycles. The Labute approximate surface area is 144 Å². The van der Waals surface area contributed by atoms with Gasteiger partial charge in [0.2, 0.25) is 15.9 Å². The molecule has 1 aliphatic heterocycles. The summed E-state index contributed by atoms with van der Waals surface area (Å²) in [5.41, 5.74) is 0.759. The van der Waals surface area contributed by atoms with E-state index in [0.29, 0.717) is 25.6 Å². The third-order valence-corrected chi connectivity index (χ3v) is 6.87. The summed E-state index contributed by atoms with van der Waals surface area (Å²) >= 11 is 0. The van der Waals surface area contributed by atoms with E-state index in [1.807, 2.05) is 30.3 Å². The number of sulfonamides is 1. The van der Waals surface area contributed by atoms with E-state index >= 15 is 0 Å². The second kappa shape index (κ2) is 6.84. The van der Waals surface area contributed by atoms with Crippen LogP contribution >= 0.6 is 0 Å². The molecule has 0 aromatic heterocycles. The van der Waals surface area contributed by atoms with Crippen LogP contribution in [0, 0.1) is 5.92 Å². The molecule has 1 amide bonds. The van der Waals surface area contributed by atoms with Crippen molar-refractivity contribution in [3.63, 3.8) is 0 Å². The van der Waals surface area contributed by atoms with Crippen molar-refractivity contribution < 1.29 is 13.2 Å². The molecular formula is C18H26N2O3S. The molecule has 1 heterocycles. The van der Waals surface area contributed by atoms with Gasteiger partial charge in [-0.05, 0) is 37.2 Å². The lowest BCUT2D eigenvalue weighted by Gasteiger charge is -2.41. The first-order chi connectivity index (χ1) is 11.4. The van der Waals surface area contributed by atoms with Crippen molar-refractivity contribution >= 4 is 15.9 Å². The summed E-state index contributed by atoms with van der Waals surface area (Å²) in [5.74, 6) is 0.491. The van der Waals surface area contributed by atoms with Crippen LogP contribution < -0.4 is 5.32 Å². The van der Waals surface area contributed by atoms with Crippen molar-refractivity contribution in [3.8, 4) is 0 Å². The van der Waals surface area contributed by atoms with Crippen LogP contribution in [0.5, 0.6) is 0 Å². The molecule has 0 atom stereocenters. The van der Waals surface area contributed by atoms with Gasteiger partial charge in [-0.1, -0.05) is 36.8 Å². The van der Waals surface area contributed by atoms with Gasteiger partial charge in [-0.2, -0.15) is 0 Å². The molecule has 132 valence electrons. The molecule has 6 heteroatoms. The van der Waals surface area contributed by atoms with Gasteiger partial charge in [0.25, 0.3) is 0 Å². The number of hydrogen-bond acceptors (Lipinski definition) is 3. The molecule has 0 radical (unpaired) electrons. The quantitative estimate of drug-likeness (QED) is 0.882. The minimum Gasteiger partial charge on any atom is -0.355 e. The Balaban J connectivity index is 1.55. The van der Waals surface area contributed by atoms with Gasteiger partial charge >= 0.3 is 0 Å². The van der Waals surface area contributed by atoms with Gasteiger partial charge in [0.05, 0.1) is 11.7 Å². The highest BCUT2D eigenvalue weighted by atomic mass is 32.2. The molecule has 2 fully saturated rings. The lowest BCUT2D eigenvalue weighted by atomic mass is 9.64. The minimum atomic E-state index is -3.09. The second-order valence-electron chi connectivity index (χ2n) is 7.12. The van der Waals surface area contributed by atoms with Gasteiger partial charge in [-0.3, -0.25) is 4.79 Å². The van der Waals surface area contributed by atoms with Crippen LogP contribution in [0.1, 0.15) is 37.7 Å². The molecular weight excluding hydrogens is 324 g/mol. The van der Waals surface area contributed by atoms with Crippen LogP contribution in [0.2, 0.25) is 0 Å². The van der Waals surface area contributed by atoms with Crippen LogP contribution in [0.25, 0.3) is 0 Å². The summed E-state index contributed by atoms with van der Waals surface area (Å²) in [6.45, 7) is 1.76. The van der Waals surface area contributed by atoms with Gasteiger partial charge in [-0.25, -0.2) is 12.7 Å². The van der Waals surface area contributed by atoms with Crippen molar-refractivity contribution in [2.45, 2.75) is 37.5 Å². The maximum Gasteiger partial charge on any atom is 0.230 e. The highest BCUT2D eigenvalue weighted by Gasteiger charge is 2.45. The van der Waals surface area contributed by atoms with Crippen LogP contribution in [0.4, 0.5) is 0 Å². The molecule has 3 rings (SSSR count). The van der Waals surface area contributed by atoms with Crippen molar-refractivity contribution in [1.29, 1.82) is 0 Å². The highest BCUT2D eigenvalue weighted by Crippen LogP contribution is 2.43. The topological polar surface area (TPSA) is 66.5 Å². The van der Waals surface area contributed by atoms with Crippen LogP contribution in [0.3, 0.4) is 0 Å². The molecule has 0 bridgehead atoms. The lowest BCUT2D eigenvalue weighted by molar-refractivity contribution is -0.130. The number of nitrogens with one attached hydrogen (secondary N) is 1. The number of piperidine rings is 1. The summed E-state index contributed by atoms with van der Waals surface area (Å²) in [7, 11) is -3.09. The molecule has 0 unspecified atom stereocenters. The molecule has 5 nitrogen and oxygen atoms in total. The minimum absolute atomic E-state index is 0.130. The first kappa shape index (κ1) is 17.4. The van der Waals surface area contributed by atoms with Gasteiger partial charge in [0.15, 0.2) is 0 Å². The summed E-state index contributed by atoms with van der Waals surface area (Å²) in [4.78, 5) is 12.8. The number of carbonyl (C=O) groups is 1. The fourth-order valence-corrected chi connectivity index (χ4v) is 4.66. The van der Waals surface area contributed by atoms with Crippen molar-refractivity contribution in [1.82, 2.24) is 9.62 Å². The van der Waals surface area contributed by atoms with Gasteiger partial charge in [0.1, 0.15) is 0 Å². The zero-order valence-corrected chi connectivity index (χ0v) is 15.0. The molecule has 1 aliphatic carbocycles. The Hall–Kier alpha value is -1.40. The third-order valence-electron chi connectivity index (χ3n) is 5.56. The van der Waals surface area contributed by atoms with Gasteiger partial charge in [-0.15, -0.1) is 0 Å². The summed E-state index contributed by atoms with van der Waals surface area (Å²) in [5, 5.41) is 3.14. The average Bonchev–Trinajstić information content (AvgIpc) is 2.52. The average molecular weight is 350 g/mol. The Kier molecular flexibility index (Phi) is 4.97. The Morgan fingerprint density at radius 2 is 1.83 bits per heavy atom. The van der Waals surface area contributed by atoms with Crippen molar-refractivity contribution in [2.75, 3.05) is 25.9 Å². The summed E-state index contributed by atoms with van der Waals surface area (Å²) in [6, 6.07) is 10.0. The van der Waals surface area contributed by atoms with Gasteiger partial charge in [0, 0.05) is 19.6 Å². The molecule has 1 N–H and O–H groups in total. The maximum absolute atomic E-state index is 12.8. The SMILES string of the molecule is CS(=O)(=O)N1CCC(CNC(=O)C2(c3ccccc3)CCC2)CC1. The predicted octanol–water partition coefficient (Wildman–Crippen LogP) is 1.90. The van der Waals surface area contributed by atoms with Crippen molar-refractivity contribution in [2.24, 2.45) is 5.92 Å². The number of hydrogen-bond donors (Lipinski definition) is 1. The smallest absolute Gasteiger partial charge is 0.230 e. The molecule has 24 heavy (non-hydrogen) atoms. The normalized spacial score (nSPS) is 21.9. The van der Waals surface area contributed by atoms with Gasteiger partial charge < -0.3 is 5.32 Å². The molecule has 0 spiro atoms. The predicted molar refractivity (Wildman–Crippen MR) is 94.1 cm³/mol. The largest absolute Gasteiger partial charge is 0.355 e. The number of amides is 1. The Morgan fingerprint density at radius 3 is 2.33 bits per heavy atom. The first-order valence-electron chi connectivity index (χ1n) is 8.71. The monoisotopic (exact) mass is 350 g/mol. The zero-order chi connectivity index (χ0) is 17.2. The maximum atomic E-state index is 12.8. The van der Waals surface area contributed by atoms with E-state index in [0.717, 1.165) is 37.7 Å². The molecule has 1 aromatic carbocycles. The van der Waals surface area contributed by atoms with E-state index in [1.165, 1.54) is 10.6 Å². The third kappa shape index (κ3) is 3.49. The van der Waals surface area contributed by atoms with Crippen LogP contribution in [-0.4, -0.2) is 44.5 Å². The molecule has 1 aromatic rings. The number of nitrogens with zero attached hydrogens (tertiary/aromatic N) is 1. The van der Waals surface area contributed by atoms with E-state index in [1.54, 1.807) is 0 Å². The number of rotatable bonds is 5. The first-order valence-corrected chi connectivity index (χ1v) is 10.6. The second-order valence-corrected chi connectivity index (χ2v) is 9.10. The lowest BCUT2D eigenvalue weighted by Crippen LogP contribution is -2.51. The number of carbonyl (C=O) groups excluding carboxylic acids is 1. The zero-order valence-electron chi connectivity index (χ0n) is 14.2. The standard InChI is InChI=1S/C18H26N2O3S/c1-24(22,23)20-12-8-15(9-13-20)14-19-17(21)18(10-5-11-18)16-6-3-2-4-7-16/h2-4,6-7,15H,5,8-14H2,1H3,(H,19,21). The fraction of sp³-hybridized carbons (Fsp3) is 0.611. The highest BCUT2D eigenvalue weighted by molar-refractivity contribution is 7.88. The summed E-state index contributed by atoms with van der Waals surface area (Å²) < 4.78 is 24.6. The van der Waals surface area contributed by atoms with E-state index in [9.17, 15) is 13.2 Å². The summed E-state index contributed by atoms with van der Waals surface area (Å²) in [6.07, 6.45) is 5.80. The fourth-order valence-electron chi connectivity index (χ4n) is 3.79. The Bertz CT molecular complexity index is 675. The van der Waals surface area contributed by atoms with E-state index in [-0.39, 0.29) is 11.3 Å². The van der Waals surface area contributed by atoms with Crippen LogP contribution in [0.15, 0.2) is 30.3 Å². The van der Waals surface area contributed by atoms with E-state index < -0.39 is 10.0 Å². The van der Waals surface area contributed by atoms with Crippen molar-refractivity contribution in [3.05, 3.63) is 35.9 Å². The Morgan fingerprint density at radius 1 is 1.21 bits per heavy atom. The molecule has 2 aliphatic rings. The number of benzene rings is 1. The van der Waals surface area contributed by atoms with E-state index in [4.69, 9.17) is 0 Å². The van der Waals surface area contributed by atoms with Crippen LogP contribution in [-0.2, 0) is 20.2 Å². The molecule has 1 saturated carbocycles.